The zero-order valence-electron chi connectivity index (χ0n) is 11.5. The van der Waals surface area contributed by atoms with Crippen molar-refractivity contribution in [3.05, 3.63) is 17.3 Å². The first-order valence-corrected chi connectivity index (χ1v) is 8.00. The molecule has 0 unspecified atom stereocenters. The van der Waals surface area contributed by atoms with E-state index >= 15 is 0 Å². The van der Waals surface area contributed by atoms with Gasteiger partial charge in [-0.1, -0.05) is 6.42 Å². The number of fused-ring (bicyclic) bond motifs is 1. The van der Waals surface area contributed by atoms with E-state index in [4.69, 9.17) is 10.8 Å². The van der Waals surface area contributed by atoms with Gasteiger partial charge in [0.15, 0.2) is 0 Å². The molecule has 3 N–H and O–H groups in total. The molecular weight excluding hydrogens is 272 g/mol. The number of nitrogens with two attached hydrogens (primary N) is 1. The summed E-state index contributed by atoms with van der Waals surface area (Å²) in [4.78, 5) is 12.4. The van der Waals surface area contributed by atoms with Crippen molar-refractivity contribution in [2.24, 2.45) is 0 Å². The Labute approximate surface area is 122 Å². The number of nitrogen functional groups attached to an aromatic ring is 1. The molecule has 0 bridgehead atoms. The van der Waals surface area contributed by atoms with Crippen LogP contribution in [0.5, 0.6) is 0 Å². The fourth-order valence-electron chi connectivity index (χ4n) is 2.59. The van der Waals surface area contributed by atoms with Gasteiger partial charge in [-0.05, 0) is 30.7 Å². The Morgan fingerprint density at radius 2 is 2.25 bits per heavy atom. The highest BCUT2D eigenvalue weighted by Crippen LogP contribution is 2.27. The predicted octanol–water partition coefficient (Wildman–Crippen LogP) is 2.01. The summed E-state index contributed by atoms with van der Waals surface area (Å²) in [5, 5.41) is 12.0. The number of hydrogen-bond donors (Lipinski definition) is 2. The maximum Gasteiger partial charge on any atom is 0.146 e. The van der Waals surface area contributed by atoms with Gasteiger partial charge in [-0.15, -0.1) is 11.3 Å². The van der Waals surface area contributed by atoms with Crippen LogP contribution in [-0.2, 0) is 6.54 Å². The third-order valence-electron chi connectivity index (χ3n) is 3.94. The van der Waals surface area contributed by atoms with Gasteiger partial charge in [0.05, 0.1) is 11.9 Å². The first-order valence-electron chi connectivity index (χ1n) is 7.12. The lowest BCUT2D eigenvalue weighted by molar-refractivity contribution is 0.107. The Morgan fingerprint density at radius 3 is 2.95 bits per heavy atom. The molecule has 6 heteroatoms. The van der Waals surface area contributed by atoms with Crippen LogP contribution in [0.2, 0.25) is 0 Å². The van der Waals surface area contributed by atoms with Crippen LogP contribution in [0.3, 0.4) is 0 Å². The van der Waals surface area contributed by atoms with Crippen LogP contribution < -0.4 is 5.73 Å². The number of hydrogen-bond acceptors (Lipinski definition) is 6. The van der Waals surface area contributed by atoms with E-state index in [0.29, 0.717) is 11.9 Å². The number of anilines is 1. The van der Waals surface area contributed by atoms with Crippen molar-refractivity contribution in [1.82, 2.24) is 14.9 Å². The summed E-state index contributed by atoms with van der Waals surface area (Å²) in [6.45, 7) is 1.85. The SMILES string of the molecule is Nc1nc(CN(CCCO)C2CCC2)nc2sccc12. The highest BCUT2D eigenvalue weighted by molar-refractivity contribution is 7.16. The minimum Gasteiger partial charge on any atom is -0.396 e. The molecule has 0 amide bonds. The average molecular weight is 292 g/mol. The molecular formula is C14H20N4OS. The molecule has 0 saturated heterocycles. The lowest BCUT2D eigenvalue weighted by Crippen LogP contribution is -2.40. The van der Waals surface area contributed by atoms with Crippen molar-refractivity contribution in [2.75, 3.05) is 18.9 Å². The van der Waals surface area contributed by atoms with E-state index < -0.39 is 0 Å². The second-order valence-corrected chi connectivity index (χ2v) is 6.19. The van der Waals surface area contributed by atoms with Gasteiger partial charge in [0.2, 0.25) is 0 Å². The van der Waals surface area contributed by atoms with E-state index in [1.54, 1.807) is 11.3 Å². The van der Waals surface area contributed by atoms with Crippen LogP contribution in [0.15, 0.2) is 11.4 Å². The molecule has 0 spiro atoms. The van der Waals surface area contributed by atoms with E-state index in [2.05, 4.69) is 14.9 Å². The van der Waals surface area contributed by atoms with Crippen LogP contribution in [0.25, 0.3) is 10.2 Å². The summed E-state index contributed by atoms with van der Waals surface area (Å²) in [6, 6.07) is 2.58. The van der Waals surface area contributed by atoms with Crippen LogP contribution in [0.4, 0.5) is 5.82 Å². The molecule has 1 saturated carbocycles. The highest BCUT2D eigenvalue weighted by atomic mass is 32.1. The summed E-state index contributed by atoms with van der Waals surface area (Å²) < 4.78 is 0. The van der Waals surface area contributed by atoms with Crippen molar-refractivity contribution in [3.8, 4) is 0 Å². The number of aromatic nitrogens is 2. The summed E-state index contributed by atoms with van der Waals surface area (Å²) in [7, 11) is 0. The lowest BCUT2D eigenvalue weighted by atomic mass is 9.91. The second-order valence-electron chi connectivity index (χ2n) is 5.30. The van der Waals surface area contributed by atoms with Crippen LogP contribution in [-0.4, -0.2) is 39.2 Å². The van der Waals surface area contributed by atoms with Crippen molar-refractivity contribution >= 4 is 27.4 Å². The number of aliphatic hydroxyl groups is 1. The molecule has 5 nitrogen and oxygen atoms in total. The normalized spacial score (nSPS) is 15.9. The molecule has 2 aromatic heterocycles. The highest BCUT2D eigenvalue weighted by Gasteiger charge is 2.25. The van der Waals surface area contributed by atoms with Crippen LogP contribution >= 0.6 is 11.3 Å². The Hall–Kier alpha value is -1.24. The molecule has 1 aliphatic carbocycles. The summed E-state index contributed by atoms with van der Waals surface area (Å²) in [5.41, 5.74) is 6.00. The standard InChI is InChI=1S/C14H20N4OS/c15-13-11-5-8-20-14(11)17-12(16-13)9-18(6-2-7-19)10-3-1-4-10/h5,8,10,19H,1-4,6-7,9H2,(H2,15,16,17). The molecule has 0 radical (unpaired) electrons. The molecule has 1 aliphatic rings. The molecule has 0 aromatic carbocycles. The summed E-state index contributed by atoms with van der Waals surface area (Å²) in [6.07, 6.45) is 4.57. The number of thiophene rings is 1. The number of aliphatic hydroxyl groups excluding tert-OH is 1. The molecule has 1 fully saturated rings. The Bertz CT molecular complexity index is 582. The third kappa shape index (κ3) is 2.77. The molecule has 3 rings (SSSR count). The number of rotatable bonds is 6. The van der Waals surface area contributed by atoms with Crippen LogP contribution in [0.1, 0.15) is 31.5 Å². The molecule has 20 heavy (non-hydrogen) atoms. The third-order valence-corrected chi connectivity index (χ3v) is 4.75. The van der Waals surface area contributed by atoms with Crippen molar-refractivity contribution in [2.45, 2.75) is 38.3 Å². The van der Waals surface area contributed by atoms with Crippen molar-refractivity contribution < 1.29 is 5.11 Å². The van der Waals surface area contributed by atoms with Gasteiger partial charge in [0.1, 0.15) is 16.5 Å². The van der Waals surface area contributed by atoms with Crippen molar-refractivity contribution in [3.63, 3.8) is 0 Å². The molecule has 0 atom stereocenters. The molecule has 2 aromatic rings. The van der Waals surface area contributed by atoms with Gasteiger partial charge in [-0.25, -0.2) is 9.97 Å². The first kappa shape index (κ1) is 13.7. The van der Waals surface area contributed by atoms with E-state index in [1.165, 1.54) is 19.3 Å². The van der Waals surface area contributed by atoms with Crippen LogP contribution in [0, 0.1) is 0 Å². The van der Waals surface area contributed by atoms with E-state index in [1.807, 2.05) is 11.4 Å². The maximum absolute atomic E-state index is 9.04. The first-order chi connectivity index (χ1) is 9.78. The Balaban J connectivity index is 1.78. The summed E-state index contributed by atoms with van der Waals surface area (Å²) in [5.74, 6) is 1.37. The summed E-state index contributed by atoms with van der Waals surface area (Å²) >= 11 is 1.60. The minimum absolute atomic E-state index is 0.232. The van der Waals surface area contributed by atoms with E-state index in [9.17, 15) is 0 Å². The fraction of sp³-hybridized carbons (Fsp3) is 0.571. The quantitative estimate of drug-likeness (QED) is 0.852. The number of nitrogens with zero attached hydrogens (tertiary/aromatic N) is 3. The van der Waals surface area contributed by atoms with Gasteiger partial charge in [0, 0.05) is 19.2 Å². The zero-order chi connectivity index (χ0) is 13.9. The predicted molar refractivity (Wildman–Crippen MR) is 81.6 cm³/mol. The minimum atomic E-state index is 0.232. The molecule has 0 aliphatic heterocycles. The van der Waals surface area contributed by atoms with Gasteiger partial charge in [-0.2, -0.15) is 0 Å². The van der Waals surface area contributed by atoms with Crippen molar-refractivity contribution in [1.29, 1.82) is 0 Å². The second kappa shape index (κ2) is 6.03. The topological polar surface area (TPSA) is 75.3 Å². The van der Waals surface area contributed by atoms with Gasteiger partial charge >= 0.3 is 0 Å². The van der Waals surface area contributed by atoms with Gasteiger partial charge in [0.25, 0.3) is 0 Å². The zero-order valence-corrected chi connectivity index (χ0v) is 12.3. The Kier molecular flexibility index (Phi) is 4.14. The smallest absolute Gasteiger partial charge is 0.146 e. The van der Waals surface area contributed by atoms with E-state index in [0.717, 1.165) is 35.6 Å². The molecule has 2 heterocycles. The lowest BCUT2D eigenvalue weighted by Gasteiger charge is -2.37. The van der Waals surface area contributed by atoms with E-state index in [-0.39, 0.29) is 6.61 Å². The monoisotopic (exact) mass is 292 g/mol. The average Bonchev–Trinajstić information content (AvgIpc) is 2.82. The maximum atomic E-state index is 9.04. The van der Waals surface area contributed by atoms with Gasteiger partial charge in [-0.3, -0.25) is 4.90 Å². The largest absolute Gasteiger partial charge is 0.396 e. The Morgan fingerprint density at radius 1 is 1.40 bits per heavy atom. The fourth-order valence-corrected chi connectivity index (χ4v) is 3.38. The van der Waals surface area contributed by atoms with Gasteiger partial charge < -0.3 is 10.8 Å². The molecule has 108 valence electrons.